The van der Waals surface area contributed by atoms with Crippen LogP contribution in [0.25, 0.3) is 11.1 Å². The fourth-order valence-electron chi connectivity index (χ4n) is 1.87. The average molecular weight is 293 g/mol. The van der Waals surface area contributed by atoms with Gasteiger partial charge in [0.2, 0.25) is 0 Å². The number of alkyl halides is 3. The number of nitrogens with zero attached hydrogens (tertiary/aromatic N) is 1. The normalized spacial score (nSPS) is 11.0. The molecule has 0 saturated heterocycles. The highest BCUT2D eigenvalue weighted by atomic mass is 32.1. The van der Waals surface area contributed by atoms with E-state index < -0.39 is 11.7 Å². The first kappa shape index (κ1) is 14.4. The number of rotatable bonds is 2. The summed E-state index contributed by atoms with van der Waals surface area (Å²) in [6, 6.07) is 10.5. The second-order valence-corrected chi connectivity index (χ2v) is 4.48. The molecule has 0 N–H and O–H groups in total. The largest absolute Gasteiger partial charge is 0.416 e. The number of thiocarbonyl (C=S) groups is 1. The number of benzene rings is 2. The summed E-state index contributed by atoms with van der Waals surface area (Å²) in [6.07, 6.45) is -4.33. The van der Waals surface area contributed by atoms with E-state index in [9.17, 15) is 13.2 Å². The van der Waals surface area contributed by atoms with Crippen LogP contribution in [0.3, 0.4) is 0 Å². The van der Waals surface area contributed by atoms with E-state index in [1.165, 1.54) is 12.1 Å². The van der Waals surface area contributed by atoms with Gasteiger partial charge in [0.1, 0.15) is 0 Å². The summed E-state index contributed by atoms with van der Waals surface area (Å²) in [7, 11) is 0. The topological polar surface area (TPSA) is 12.4 Å². The zero-order valence-corrected chi connectivity index (χ0v) is 11.3. The van der Waals surface area contributed by atoms with Crippen molar-refractivity contribution in [2.24, 2.45) is 4.99 Å². The summed E-state index contributed by atoms with van der Waals surface area (Å²) >= 11 is 4.58. The molecule has 2 rings (SSSR count). The number of aliphatic imine (C=N–C) groups is 1. The van der Waals surface area contributed by atoms with E-state index in [0.717, 1.165) is 23.3 Å². The molecule has 0 aliphatic carbocycles. The van der Waals surface area contributed by atoms with Gasteiger partial charge >= 0.3 is 6.18 Å². The van der Waals surface area contributed by atoms with Crippen LogP contribution in [-0.2, 0) is 6.18 Å². The maximum Gasteiger partial charge on any atom is 0.416 e. The van der Waals surface area contributed by atoms with Gasteiger partial charge in [0, 0.05) is 5.56 Å². The number of hydrogen-bond acceptors (Lipinski definition) is 2. The predicted molar refractivity (Wildman–Crippen MR) is 76.3 cm³/mol. The van der Waals surface area contributed by atoms with Crippen molar-refractivity contribution in [1.82, 2.24) is 0 Å². The summed E-state index contributed by atoms with van der Waals surface area (Å²) in [5.41, 5.74) is 2.30. The van der Waals surface area contributed by atoms with Gasteiger partial charge in [-0.25, -0.2) is 0 Å². The van der Waals surface area contributed by atoms with Crippen molar-refractivity contribution in [1.29, 1.82) is 0 Å². The Bertz CT molecular complexity index is 669. The van der Waals surface area contributed by atoms with E-state index in [-0.39, 0.29) is 0 Å². The molecule has 1 nitrogen and oxygen atoms in total. The second-order valence-electron chi connectivity index (χ2n) is 4.30. The Morgan fingerprint density at radius 1 is 1.05 bits per heavy atom. The number of hydrogen-bond donors (Lipinski definition) is 0. The van der Waals surface area contributed by atoms with E-state index in [0.29, 0.717) is 11.3 Å². The zero-order chi connectivity index (χ0) is 14.8. The van der Waals surface area contributed by atoms with Gasteiger partial charge in [-0.2, -0.15) is 18.2 Å². The molecule has 2 aromatic carbocycles. The molecule has 102 valence electrons. The van der Waals surface area contributed by atoms with E-state index >= 15 is 0 Å². The highest BCUT2D eigenvalue weighted by Gasteiger charge is 2.30. The van der Waals surface area contributed by atoms with Gasteiger partial charge in [0.15, 0.2) is 0 Å². The molecule has 0 fully saturated rings. The lowest BCUT2D eigenvalue weighted by atomic mass is 10.00. The van der Waals surface area contributed by atoms with Crippen LogP contribution in [0.4, 0.5) is 18.9 Å². The lowest BCUT2D eigenvalue weighted by Crippen LogP contribution is -2.03. The van der Waals surface area contributed by atoms with Gasteiger partial charge in [-0.1, -0.05) is 23.8 Å². The van der Waals surface area contributed by atoms with Crippen molar-refractivity contribution >= 4 is 23.1 Å². The molecule has 2 aromatic rings. The smallest absolute Gasteiger partial charge is 0.194 e. The lowest BCUT2D eigenvalue weighted by Gasteiger charge is -2.09. The Kier molecular flexibility index (Phi) is 4.02. The van der Waals surface area contributed by atoms with Crippen molar-refractivity contribution in [3.63, 3.8) is 0 Å². The predicted octanol–water partition coefficient (Wildman–Crippen LogP) is 5.42. The maximum absolute atomic E-state index is 12.5. The molecular weight excluding hydrogens is 283 g/mol. The summed E-state index contributed by atoms with van der Waals surface area (Å²) < 4.78 is 37.6. The Morgan fingerprint density at radius 3 is 2.25 bits per heavy atom. The van der Waals surface area contributed by atoms with Crippen LogP contribution in [0.1, 0.15) is 11.1 Å². The minimum absolute atomic E-state index is 0.588. The molecule has 0 saturated carbocycles. The summed E-state index contributed by atoms with van der Waals surface area (Å²) in [5, 5.41) is 2.28. The van der Waals surface area contributed by atoms with Crippen LogP contribution in [0.15, 0.2) is 47.5 Å². The molecule has 0 aliphatic heterocycles. The highest BCUT2D eigenvalue weighted by molar-refractivity contribution is 7.78. The Morgan fingerprint density at radius 2 is 1.70 bits per heavy atom. The number of aryl methyl sites for hydroxylation is 1. The van der Waals surface area contributed by atoms with E-state index in [4.69, 9.17) is 0 Å². The van der Waals surface area contributed by atoms with Gasteiger partial charge in [0.05, 0.1) is 16.4 Å². The van der Waals surface area contributed by atoms with Crippen LogP contribution in [0.5, 0.6) is 0 Å². The first-order valence-electron chi connectivity index (χ1n) is 5.78. The van der Waals surface area contributed by atoms with Crippen LogP contribution in [-0.4, -0.2) is 5.16 Å². The van der Waals surface area contributed by atoms with Gasteiger partial charge in [-0.3, -0.25) is 0 Å². The maximum atomic E-state index is 12.5. The van der Waals surface area contributed by atoms with Gasteiger partial charge in [0.25, 0.3) is 0 Å². The van der Waals surface area contributed by atoms with E-state index in [2.05, 4.69) is 22.4 Å². The fraction of sp³-hybridized carbons (Fsp3) is 0.133. The first-order chi connectivity index (χ1) is 9.41. The molecule has 0 radical (unpaired) electrons. The zero-order valence-electron chi connectivity index (χ0n) is 10.5. The highest BCUT2D eigenvalue weighted by Crippen LogP contribution is 2.34. The minimum Gasteiger partial charge on any atom is -0.194 e. The number of isothiocyanates is 1. The third kappa shape index (κ3) is 3.13. The third-order valence-corrected chi connectivity index (χ3v) is 2.93. The first-order valence-corrected chi connectivity index (χ1v) is 6.19. The molecule has 20 heavy (non-hydrogen) atoms. The quantitative estimate of drug-likeness (QED) is 0.532. The Labute approximate surface area is 119 Å². The van der Waals surface area contributed by atoms with E-state index in [1.807, 2.05) is 19.1 Å². The van der Waals surface area contributed by atoms with Crippen LogP contribution in [0.2, 0.25) is 0 Å². The van der Waals surface area contributed by atoms with Gasteiger partial charge < -0.3 is 0 Å². The summed E-state index contributed by atoms with van der Waals surface area (Å²) in [4.78, 5) is 3.94. The SMILES string of the molecule is Cc1ccc(N=C=S)c(-c2ccc(C(F)(F)F)cc2)c1. The Hall–Kier alpha value is -1.97. The molecule has 0 amide bonds. The van der Waals surface area contributed by atoms with Crippen molar-refractivity contribution < 1.29 is 13.2 Å². The molecule has 0 atom stereocenters. The van der Waals surface area contributed by atoms with E-state index in [1.54, 1.807) is 6.07 Å². The molecule has 0 aromatic heterocycles. The molecule has 0 unspecified atom stereocenters. The molecule has 0 bridgehead atoms. The van der Waals surface area contributed by atoms with Crippen LogP contribution < -0.4 is 0 Å². The van der Waals surface area contributed by atoms with Crippen molar-refractivity contribution in [3.8, 4) is 11.1 Å². The monoisotopic (exact) mass is 293 g/mol. The van der Waals surface area contributed by atoms with Crippen molar-refractivity contribution in [2.45, 2.75) is 13.1 Å². The third-order valence-electron chi connectivity index (χ3n) is 2.84. The van der Waals surface area contributed by atoms with Gasteiger partial charge in [-0.15, -0.1) is 0 Å². The Balaban J connectivity index is 2.51. The molecule has 0 aliphatic rings. The molecule has 5 heteroatoms. The van der Waals surface area contributed by atoms with Crippen molar-refractivity contribution in [3.05, 3.63) is 53.6 Å². The minimum atomic E-state index is -4.33. The molecule has 0 spiro atoms. The van der Waals surface area contributed by atoms with Crippen molar-refractivity contribution in [2.75, 3.05) is 0 Å². The van der Waals surface area contributed by atoms with Crippen LogP contribution in [0, 0.1) is 6.92 Å². The molecule has 0 heterocycles. The lowest BCUT2D eigenvalue weighted by molar-refractivity contribution is -0.137. The summed E-state index contributed by atoms with van der Waals surface area (Å²) in [5.74, 6) is 0. The van der Waals surface area contributed by atoms with Crippen LogP contribution >= 0.6 is 12.2 Å². The second kappa shape index (κ2) is 5.57. The molecular formula is C15H10F3NS. The average Bonchev–Trinajstić information content (AvgIpc) is 2.40. The summed E-state index contributed by atoms with van der Waals surface area (Å²) in [6.45, 7) is 1.90. The fourth-order valence-corrected chi connectivity index (χ4v) is 1.96. The van der Waals surface area contributed by atoms with Gasteiger partial charge in [-0.05, 0) is 49.0 Å². The number of halogens is 3. The standard InChI is InChI=1S/C15H10F3NS/c1-10-2-7-14(19-9-20)13(8-10)11-3-5-12(6-4-11)15(16,17)18/h2-8H,1H3.